The SMILES string of the molecule is CSc1ccc(C(=O)N2CCC(NC(=O)c3ccccc3C)CC2)cc1. The molecule has 0 unspecified atom stereocenters. The minimum absolute atomic E-state index is 0.0273. The van der Waals surface area contributed by atoms with E-state index in [0.717, 1.165) is 34.4 Å². The van der Waals surface area contributed by atoms with Gasteiger partial charge < -0.3 is 10.2 Å². The Kier molecular flexibility index (Phi) is 5.99. The van der Waals surface area contributed by atoms with E-state index in [4.69, 9.17) is 0 Å². The Bertz CT molecular complexity index is 781. The number of carbonyl (C=O) groups excluding carboxylic acids is 2. The fraction of sp³-hybridized carbons (Fsp3) is 0.333. The molecule has 26 heavy (non-hydrogen) atoms. The van der Waals surface area contributed by atoms with Gasteiger partial charge >= 0.3 is 0 Å². The van der Waals surface area contributed by atoms with E-state index in [1.165, 1.54) is 0 Å². The van der Waals surface area contributed by atoms with Crippen molar-refractivity contribution in [3.63, 3.8) is 0 Å². The van der Waals surface area contributed by atoms with Crippen molar-refractivity contribution < 1.29 is 9.59 Å². The van der Waals surface area contributed by atoms with Crippen molar-refractivity contribution in [3.05, 3.63) is 65.2 Å². The second kappa shape index (κ2) is 8.41. The first-order chi connectivity index (χ1) is 12.6. The van der Waals surface area contributed by atoms with Gasteiger partial charge in [-0.1, -0.05) is 18.2 Å². The molecule has 0 bridgehead atoms. The summed E-state index contributed by atoms with van der Waals surface area (Å²) in [5.74, 6) is 0.0434. The van der Waals surface area contributed by atoms with E-state index in [9.17, 15) is 9.59 Å². The highest BCUT2D eigenvalue weighted by molar-refractivity contribution is 7.98. The quantitative estimate of drug-likeness (QED) is 0.836. The van der Waals surface area contributed by atoms with Crippen LogP contribution < -0.4 is 5.32 Å². The van der Waals surface area contributed by atoms with Crippen LogP contribution >= 0.6 is 11.8 Å². The summed E-state index contributed by atoms with van der Waals surface area (Å²) >= 11 is 1.66. The van der Waals surface area contributed by atoms with Gasteiger partial charge in [-0.3, -0.25) is 9.59 Å². The lowest BCUT2D eigenvalue weighted by Gasteiger charge is -2.32. The molecule has 2 amide bonds. The molecule has 1 saturated heterocycles. The maximum atomic E-state index is 12.6. The molecule has 4 nitrogen and oxygen atoms in total. The second-order valence-electron chi connectivity index (χ2n) is 6.58. The molecule has 0 aromatic heterocycles. The lowest BCUT2D eigenvalue weighted by Crippen LogP contribution is -2.46. The van der Waals surface area contributed by atoms with Gasteiger partial charge in [-0.05, 0) is 61.9 Å². The third-order valence-corrected chi connectivity index (χ3v) is 5.59. The minimum atomic E-state index is -0.0273. The van der Waals surface area contributed by atoms with Crippen molar-refractivity contribution in [1.82, 2.24) is 10.2 Å². The van der Waals surface area contributed by atoms with Crippen LogP contribution in [0.3, 0.4) is 0 Å². The molecule has 3 rings (SSSR count). The Morgan fingerprint density at radius 2 is 1.69 bits per heavy atom. The molecule has 1 aliphatic rings. The molecule has 0 radical (unpaired) electrons. The van der Waals surface area contributed by atoms with Crippen LogP contribution in [0.25, 0.3) is 0 Å². The Balaban J connectivity index is 1.54. The summed E-state index contributed by atoms with van der Waals surface area (Å²) in [7, 11) is 0. The number of likely N-dealkylation sites (tertiary alicyclic amines) is 1. The standard InChI is InChI=1S/C21H24N2O2S/c1-15-5-3-4-6-19(15)20(24)22-17-11-13-23(14-12-17)21(25)16-7-9-18(26-2)10-8-16/h3-10,17H,11-14H2,1-2H3,(H,22,24). The highest BCUT2D eigenvalue weighted by Crippen LogP contribution is 2.18. The molecule has 2 aromatic rings. The van der Waals surface area contributed by atoms with Crippen molar-refractivity contribution in [2.45, 2.75) is 30.7 Å². The Morgan fingerprint density at radius 1 is 1.04 bits per heavy atom. The zero-order valence-corrected chi connectivity index (χ0v) is 16.0. The Hall–Kier alpha value is -2.27. The molecule has 0 aliphatic carbocycles. The van der Waals surface area contributed by atoms with Crippen molar-refractivity contribution in [2.75, 3.05) is 19.3 Å². The summed E-state index contributed by atoms with van der Waals surface area (Å²) in [6.45, 7) is 3.28. The van der Waals surface area contributed by atoms with Gasteiger partial charge in [-0.2, -0.15) is 0 Å². The highest BCUT2D eigenvalue weighted by atomic mass is 32.2. The van der Waals surface area contributed by atoms with Gasteiger partial charge in [-0.15, -0.1) is 11.8 Å². The van der Waals surface area contributed by atoms with Gasteiger partial charge in [0.15, 0.2) is 0 Å². The fourth-order valence-electron chi connectivity index (χ4n) is 3.23. The summed E-state index contributed by atoms with van der Waals surface area (Å²) in [6.07, 6.45) is 3.59. The van der Waals surface area contributed by atoms with Crippen LogP contribution in [0.5, 0.6) is 0 Å². The van der Waals surface area contributed by atoms with Crippen LogP contribution in [0.4, 0.5) is 0 Å². The second-order valence-corrected chi connectivity index (χ2v) is 7.46. The Labute approximate surface area is 159 Å². The van der Waals surface area contributed by atoms with E-state index in [-0.39, 0.29) is 17.9 Å². The van der Waals surface area contributed by atoms with Gasteiger partial charge in [0, 0.05) is 35.2 Å². The number of carbonyl (C=O) groups is 2. The molecular formula is C21H24N2O2S. The summed E-state index contributed by atoms with van der Waals surface area (Å²) < 4.78 is 0. The molecule has 1 aliphatic heterocycles. The number of aryl methyl sites for hydroxylation is 1. The summed E-state index contributed by atoms with van der Waals surface area (Å²) in [4.78, 5) is 28.1. The number of piperidine rings is 1. The average Bonchev–Trinajstić information content (AvgIpc) is 2.68. The van der Waals surface area contributed by atoms with Crippen LogP contribution in [0, 0.1) is 6.92 Å². The van der Waals surface area contributed by atoms with Crippen LogP contribution in [0.2, 0.25) is 0 Å². The molecular weight excluding hydrogens is 344 g/mol. The van der Waals surface area contributed by atoms with E-state index in [0.29, 0.717) is 13.1 Å². The molecule has 2 aromatic carbocycles. The maximum absolute atomic E-state index is 12.6. The highest BCUT2D eigenvalue weighted by Gasteiger charge is 2.25. The summed E-state index contributed by atoms with van der Waals surface area (Å²) in [5.41, 5.74) is 2.43. The van der Waals surface area contributed by atoms with Gasteiger partial charge in [0.25, 0.3) is 11.8 Å². The molecule has 0 atom stereocenters. The van der Waals surface area contributed by atoms with Crippen molar-refractivity contribution in [1.29, 1.82) is 0 Å². The smallest absolute Gasteiger partial charge is 0.253 e. The predicted octanol–water partition coefficient (Wildman–Crippen LogP) is 3.75. The number of nitrogens with zero attached hydrogens (tertiary/aromatic N) is 1. The van der Waals surface area contributed by atoms with Crippen LogP contribution in [0.1, 0.15) is 39.1 Å². The average molecular weight is 369 g/mol. The molecule has 0 saturated carbocycles. The Morgan fingerprint density at radius 3 is 2.31 bits per heavy atom. The number of rotatable bonds is 4. The molecule has 1 fully saturated rings. The van der Waals surface area contributed by atoms with Crippen LogP contribution in [-0.4, -0.2) is 42.1 Å². The number of nitrogens with one attached hydrogen (secondary N) is 1. The first-order valence-electron chi connectivity index (χ1n) is 8.88. The molecule has 5 heteroatoms. The zero-order chi connectivity index (χ0) is 18.5. The predicted molar refractivity (Wildman–Crippen MR) is 106 cm³/mol. The lowest BCUT2D eigenvalue weighted by molar-refractivity contribution is 0.0698. The normalized spacial score (nSPS) is 14.9. The van der Waals surface area contributed by atoms with E-state index < -0.39 is 0 Å². The molecule has 1 N–H and O–H groups in total. The number of hydrogen-bond donors (Lipinski definition) is 1. The van der Waals surface area contributed by atoms with Crippen molar-refractivity contribution >= 4 is 23.6 Å². The summed E-state index contributed by atoms with van der Waals surface area (Å²) in [5, 5.41) is 3.11. The number of benzene rings is 2. The monoisotopic (exact) mass is 368 g/mol. The zero-order valence-electron chi connectivity index (χ0n) is 15.2. The number of amides is 2. The summed E-state index contributed by atoms with van der Waals surface area (Å²) in [6, 6.07) is 15.5. The lowest BCUT2D eigenvalue weighted by atomic mass is 10.0. The molecule has 1 heterocycles. The number of hydrogen-bond acceptors (Lipinski definition) is 3. The largest absolute Gasteiger partial charge is 0.349 e. The third kappa shape index (κ3) is 4.28. The fourth-order valence-corrected chi connectivity index (χ4v) is 3.64. The van der Waals surface area contributed by atoms with E-state index >= 15 is 0 Å². The van der Waals surface area contributed by atoms with Gasteiger partial charge in [-0.25, -0.2) is 0 Å². The number of thioether (sulfide) groups is 1. The first-order valence-corrected chi connectivity index (χ1v) is 10.1. The van der Waals surface area contributed by atoms with E-state index in [1.807, 2.05) is 66.6 Å². The van der Waals surface area contributed by atoms with Crippen LogP contribution in [0.15, 0.2) is 53.4 Å². The maximum Gasteiger partial charge on any atom is 0.253 e. The molecule has 136 valence electrons. The van der Waals surface area contributed by atoms with E-state index in [1.54, 1.807) is 11.8 Å². The first kappa shape index (κ1) is 18.5. The van der Waals surface area contributed by atoms with Crippen LogP contribution in [-0.2, 0) is 0 Å². The van der Waals surface area contributed by atoms with Crippen molar-refractivity contribution in [3.8, 4) is 0 Å². The topological polar surface area (TPSA) is 49.4 Å². The van der Waals surface area contributed by atoms with Crippen molar-refractivity contribution in [2.24, 2.45) is 0 Å². The molecule has 0 spiro atoms. The van der Waals surface area contributed by atoms with Gasteiger partial charge in [0.05, 0.1) is 0 Å². The van der Waals surface area contributed by atoms with Gasteiger partial charge in [0.2, 0.25) is 0 Å². The minimum Gasteiger partial charge on any atom is -0.349 e. The third-order valence-electron chi connectivity index (χ3n) is 4.84. The van der Waals surface area contributed by atoms with E-state index in [2.05, 4.69) is 5.32 Å². The van der Waals surface area contributed by atoms with Gasteiger partial charge in [0.1, 0.15) is 0 Å².